The highest BCUT2D eigenvalue weighted by atomic mass is 16.5. The number of nitrogens with one attached hydrogen (secondary N) is 1. The van der Waals surface area contributed by atoms with Crippen molar-refractivity contribution in [3.05, 3.63) is 0 Å². The van der Waals surface area contributed by atoms with E-state index in [1.807, 2.05) is 13.8 Å². The molecule has 2 atom stereocenters. The van der Waals surface area contributed by atoms with Gasteiger partial charge in [0.25, 0.3) is 0 Å². The van der Waals surface area contributed by atoms with Crippen LogP contribution >= 0.6 is 0 Å². The molecule has 0 aromatic heterocycles. The molecule has 0 aliphatic carbocycles. The van der Waals surface area contributed by atoms with E-state index in [1.165, 1.54) is 7.11 Å². The van der Waals surface area contributed by atoms with Gasteiger partial charge >= 0.3 is 5.97 Å². The highest BCUT2D eigenvalue weighted by molar-refractivity contribution is 5.72. The van der Waals surface area contributed by atoms with Crippen molar-refractivity contribution in [3.63, 3.8) is 0 Å². The Morgan fingerprint density at radius 2 is 1.88 bits per heavy atom. The SMILES string of the molecule is CCC(CC)(CO)CNC(C)C(C)C(=O)OC. The van der Waals surface area contributed by atoms with Gasteiger partial charge in [-0.1, -0.05) is 20.8 Å². The zero-order valence-electron chi connectivity index (χ0n) is 11.7. The van der Waals surface area contributed by atoms with Crippen LogP contribution in [-0.4, -0.2) is 37.4 Å². The topological polar surface area (TPSA) is 58.6 Å². The van der Waals surface area contributed by atoms with E-state index in [0.29, 0.717) is 0 Å². The number of methoxy groups -OCH3 is 1. The third kappa shape index (κ3) is 4.64. The monoisotopic (exact) mass is 245 g/mol. The first kappa shape index (κ1) is 16.4. The van der Waals surface area contributed by atoms with Crippen LogP contribution in [0.25, 0.3) is 0 Å². The normalized spacial score (nSPS) is 15.4. The smallest absolute Gasteiger partial charge is 0.309 e. The van der Waals surface area contributed by atoms with E-state index in [4.69, 9.17) is 4.74 Å². The van der Waals surface area contributed by atoms with E-state index in [-0.39, 0.29) is 30.0 Å². The van der Waals surface area contributed by atoms with Gasteiger partial charge in [-0.2, -0.15) is 0 Å². The molecule has 2 N–H and O–H groups in total. The fraction of sp³-hybridized carbons (Fsp3) is 0.923. The predicted octanol–water partition coefficient (Wildman–Crippen LogP) is 1.57. The van der Waals surface area contributed by atoms with Gasteiger partial charge in [-0.3, -0.25) is 4.79 Å². The average molecular weight is 245 g/mol. The van der Waals surface area contributed by atoms with Crippen molar-refractivity contribution in [2.24, 2.45) is 11.3 Å². The van der Waals surface area contributed by atoms with Crippen LogP contribution in [0.4, 0.5) is 0 Å². The van der Waals surface area contributed by atoms with Crippen molar-refractivity contribution in [2.75, 3.05) is 20.3 Å². The van der Waals surface area contributed by atoms with Gasteiger partial charge in [-0.15, -0.1) is 0 Å². The first-order chi connectivity index (χ1) is 7.96. The van der Waals surface area contributed by atoms with E-state index >= 15 is 0 Å². The van der Waals surface area contributed by atoms with Crippen LogP contribution in [0.5, 0.6) is 0 Å². The maximum absolute atomic E-state index is 11.4. The predicted molar refractivity (Wildman–Crippen MR) is 68.7 cm³/mol. The molecule has 0 aromatic carbocycles. The van der Waals surface area contributed by atoms with Crippen LogP contribution < -0.4 is 5.32 Å². The maximum atomic E-state index is 11.4. The van der Waals surface area contributed by atoms with Gasteiger partial charge in [-0.25, -0.2) is 0 Å². The molecular formula is C13H27NO3. The minimum atomic E-state index is -0.201. The van der Waals surface area contributed by atoms with E-state index in [2.05, 4.69) is 19.2 Å². The highest BCUT2D eigenvalue weighted by Crippen LogP contribution is 2.24. The number of hydrogen-bond acceptors (Lipinski definition) is 4. The van der Waals surface area contributed by atoms with Crippen molar-refractivity contribution in [2.45, 2.75) is 46.6 Å². The van der Waals surface area contributed by atoms with Gasteiger partial charge in [0, 0.05) is 24.6 Å². The quantitative estimate of drug-likeness (QED) is 0.637. The minimum Gasteiger partial charge on any atom is -0.469 e. The lowest BCUT2D eigenvalue weighted by Crippen LogP contribution is -2.44. The fourth-order valence-electron chi connectivity index (χ4n) is 1.72. The largest absolute Gasteiger partial charge is 0.469 e. The molecule has 0 aliphatic heterocycles. The number of rotatable bonds is 8. The second-order valence-corrected chi connectivity index (χ2v) is 4.85. The second-order valence-electron chi connectivity index (χ2n) is 4.85. The molecule has 4 heteroatoms. The number of aliphatic hydroxyl groups excluding tert-OH is 1. The molecule has 102 valence electrons. The van der Waals surface area contributed by atoms with Crippen LogP contribution in [0.3, 0.4) is 0 Å². The number of esters is 1. The molecule has 0 radical (unpaired) electrons. The standard InChI is InChI=1S/C13H27NO3/c1-6-13(7-2,9-15)8-14-11(4)10(3)12(16)17-5/h10-11,14-15H,6-9H2,1-5H3. The lowest BCUT2D eigenvalue weighted by atomic mass is 9.83. The van der Waals surface area contributed by atoms with Crippen LogP contribution in [0.15, 0.2) is 0 Å². The molecular weight excluding hydrogens is 218 g/mol. The molecule has 0 saturated heterocycles. The Hall–Kier alpha value is -0.610. The fourth-order valence-corrected chi connectivity index (χ4v) is 1.72. The first-order valence-corrected chi connectivity index (χ1v) is 6.38. The number of ether oxygens (including phenoxy) is 1. The summed E-state index contributed by atoms with van der Waals surface area (Å²) in [6.07, 6.45) is 1.85. The summed E-state index contributed by atoms with van der Waals surface area (Å²) in [7, 11) is 1.40. The van der Waals surface area contributed by atoms with Gasteiger partial charge in [-0.05, 0) is 19.8 Å². The summed E-state index contributed by atoms with van der Waals surface area (Å²) in [5.74, 6) is -0.377. The molecule has 0 aliphatic rings. The number of carbonyl (C=O) groups excluding carboxylic acids is 1. The van der Waals surface area contributed by atoms with Gasteiger partial charge < -0.3 is 15.2 Å². The van der Waals surface area contributed by atoms with Crippen LogP contribution in [-0.2, 0) is 9.53 Å². The van der Waals surface area contributed by atoms with Crippen LogP contribution in [0, 0.1) is 11.3 Å². The van der Waals surface area contributed by atoms with Gasteiger partial charge in [0.15, 0.2) is 0 Å². The van der Waals surface area contributed by atoms with Crippen molar-refractivity contribution < 1.29 is 14.6 Å². The van der Waals surface area contributed by atoms with Crippen LogP contribution in [0.2, 0.25) is 0 Å². The summed E-state index contributed by atoms with van der Waals surface area (Å²) in [5.41, 5.74) is -0.0793. The van der Waals surface area contributed by atoms with E-state index in [0.717, 1.165) is 19.4 Å². The molecule has 0 saturated carbocycles. The van der Waals surface area contributed by atoms with E-state index < -0.39 is 0 Å². The van der Waals surface area contributed by atoms with Crippen molar-refractivity contribution >= 4 is 5.97 Å². The summed E-state index contributed by atoms with van der Waals surface area (Å²) >= 11 is 0. The Bertz CT molecular complexity index is 218. The lowest BCUT2D eigenvalue weighted by molar-refractivity contribution is -0.145. The third-order valence-corrected chi connectivity index (χ3v) is 3.96. The first-order valence-electron chi connectivity index (χ1n) is 6.38. The molecule has 0 bridgehead atoms. The molecule has 0 aromatic rings. The van der Waals surface area contributed by atoms with Crippen molar-refractivity contribution in [3.8, 4) is 0 Å². The van der Waals surface area contributed by atoms with Gasteiger partial charge in [0.1, 0.15) is 0 Å². The summed E-state index contributed by atoms with van der Waals surface area (Å²) in [6, 6.07) is 0.0477. The molecule has 0 spiro atoms. The molecule has 4 nitrogen and oxygen atoms in total. The summed E-state index contributed by atoms with van der Waals surface area (Å²) in [6.45, 7) is 8.87. The highest BCUT2D eigenvalue weighted by Gasteiger charge is 2.28. The Balaban J connectivity index is 4.30. The Morgan fingerprint density at radius 3 is 2.24 bits per heavy atom. The third-order valence-electron chi connectivity index (χ3n) is 3.96. The van der Waals surface area contributed by atoms with Gasteiger partial charge in [0.2, 0.25) is 0 Å². The molecule has 17 heavy (non-hydrogen) atoms. The molecule has 2 unspecified atom stereocenters. The lowest BCUT2D eigenvalue weighted by Gasteiger charge is -2.32. The summed E-state index contributed by atoms with van der Waals surface area (Å²) in [4.78, 5) is 11.4. The van der Waals surface area contributed by atoms with Crippen LogP contribution in [0.1, 0.15) is 40.5 Å². The minimum absolute atomic E-state index is 0.0477. The summed E-state index contributed by atoms with van der Waals surface area (Å²) < 4.78 is 4.72. The van der Waals surface area contributed by atoms with E-state index in [9.17, 15) is 9.90 Å². The number of carbonyl (C=O) groups is 1. The Morgan fingerprint density at radius 1 is 1.35 bits per heavy atom. The molecule has 0 rings (SSSR count). The molecule has 0 amide bonds. The molecule has 0 fully saturated rings. The van der Waals surface area contributed by atoms with Crippen molar-refractivity contribution in [1.82, 2.24) is 5.32 Å². The zero-order chi connectivity index (χ0) is 13.5. The Kier molecular flexibility index (Phi) is 7.39. The van der Waals surface area contributed by atoms with E-state index in [1.54, 1.807) is 0 Å². The Labute approximate surface area is 105 Å². The average Bonchev–Trinajstić information content (AvgIpc) is 2.38. The maximum Gasteiger partial charge on any atom is 0.309 e. The summed E-state index contributed by atoms with van der Waals surface area (Å²) in [5, 5.41) is 12.8. The number of aliphatic hydroxyl groups is 1. The van der Waals surface area contributed by atoms with Crippen molar-refractivity contribution in [1.29, 1.82) is 0 Å². The second kappa shape index (κ2) is 7.67. The van der Waals surface area contributed by atoms with Gasteiger partial charge in [0.05, 0.1) is 13.0 Å². The number of hydrogen-bond donors (Lipinski definition) is 2. The zero-order valence-corrected chi connectivity index (χ0v) is 11.7. The molecule has 0 heterocycles.